The zero-order valence-corrected chi connectivity index (χ0v) is 16.0. The third-order valence-corrected chi connectivity index (χ3v) is 3.82. The third kappa shape index (κ3) is 7.34. The van der Waals surface area contributed by atoms with Crippen molar-refractivity contribution in [2.24, 2.45) is 5.73 Å². The summed E-state index contributed by atoms with van der Waals surface area (Å²) < 4.78 is 5.78. The first-order valence-corrected chi connectivity index (χ1v) is 8.23. The van der Waals surface area contributed by atoms with Crippen LogP contribution >= 0.6 is 24.0 Å². The summed E-state index contributed by atoms with van der Waals surface area (Å²) in [4.78, 5) is 12.1. The Bertz CT molecular complexity index is 688. The molecule has 3 N–H and O–H groups in total. The van der Waals surface area contributed by atoms with E-state index in [1.54, 1.807) is 0 Å². The Kier molecular flexibility index (Phi) is 8.23. The van der Waals surface area contributed by atoms with E-state index >= 15 is 0 Å². The molecule has 6 heteroatoms. The summed E-state index contributed by atoms with van der Waals surface area (Å²) in [6, 6.07) is 15.1. The first-order valence-electron chi connectivity index (χ1n) is 7.85. The van der Waals surface area contributed by atoms with Crippen LogP contribution < -0.4 is 15.8 Å². The van der Waals surface area contributed by atoms with Gasteiger partial charge >= 0.3 is 0 Å². The Balaban J connectivity index is 0.00000312. The van der Waals surface area contributed by atoms with Gasteiger partial charge in [0.15, 0.2) is 0 Å². The molecule has 0 aliphatic carbocycles. The molecule has 25 heavy (non-hydrogen) atoms. The minimum absolute atomic E-state index is 0. The van der Waals surface area contributed by atoms with Gasteiger partial charge in [-0.1, -0.05) is 35.9 Å². The fraction of sp³-hybridized carbons (Fsp3) is 0.316. The van der Waals surface area contributed by atoms with E-state index in [4.69, 9.17) is 22.1 Å². The van der Waals surface area contributed by atoms with Crippen molar-refractivity contribution in [3.05, 3.63) is 64.7 Å². The van der Waals surface area contributed by atoms with Crippen LogP contribution in [0.1, 0.15) is 25.0 Å². The average molecular weight is 383 g/mol. The highest BCUT2D eigenvalue weighted by molar-refractivity contribution is 6.30. The number of ether oxygens (including phenoxy) is 1. The predicted octanol–water partition coefficient (Wildman–Crippen LogP) is 3.74. The molecule has 0 bridgehead atoms. The second-order valence-corrected chi connectivity index (χ2v) is 6.81. The number of hydrogen-bond acceptors (Lipinski definition) is 3. The zero-order valence-electron chi connectivity index (χ0n) is 14.4. The second kappa shape index (κ2) is 9.66. The van der Waals surface area contributed by atoms with Crippen molar-refractivity contribution in [3.63, 3.8) is 0 Å². The highest BCUT2D eigenvalue weighted by atomic mass is 35.5. The number of benzene rings is 2. The number of carbonyl (C=O) groups excluding carboxylic acids is 1. The van der Waals surface area contributed by atoms with Gasteiger partial charge in [0.25, 0.3) is 0 Å². The lowest BCUT2D eigenvalue weighted by Crippen LogP contribution is -2.49. The summed E-state index contributed by atoms with van der Waals surface area (Å²) in [5, 5.41) is 3.62. The largest absolute Gasteiger partial charge is 0.489 e. The van der Waals surface area contributed by atoms with Crippen molar-refractivity contribution in [1.82, 2.24) is 5.32 Å². The van der Waals surface area contributed by atoms with Crippen LogP contribution in [0.3, 0.4) is 0 Å². The molecular weight excluding hydrogens is 359 g/mol. The van der Waals surface area contributed by atoms with E-state index in [1.165, 1.54) is 0 Å². The van der Waals surface area contributed by atoms with Crippen LogP contribution in [0.4, 0.5) is 0 Å². The summed E-state index contributed by atoms with van der Waals surface area (Å²) in [7, 11) is 0. The van der Waals surface area contributed by atoms with Crippen LogP contribution in [0, 0.1) is 0 Å². The molecule has 0 saturated carbocycles. The minimum Gasteiger partial charge on any atom is -0.489 e. The molecule has 0 aromatic heterocycles. The van der Waals surface area contributed by atoms with Gasteiger partial charge in [0.2, 0.25) is 5.91 Å². The normalized spacial score (nSPS) is 10.7. The molecule has 0 fully saturated rings. The molecule has 2 aromatic carbocycles. The maximum atomic E-state index is 12.1. The maximum Gasteiger partial charge on any atom is 0.224 e. The molecule has 0 heterocycles. The Morgan fingerprint density at radius 2 is 1.84 bits per heavy atom. The fourth-order valence-corrected chi connectivity index (χ4v) is 2.28. The van der Waals surface area contributed by atoms with Gasteiger partial charge in [-0.3, -0.25) is 4.79 Å². The molecule has 0 aliphatic rings. The van der Waals surface area contributed by atoms with Gasteiger partial charge in [0.05, 0.1) is 6.42 Å². The third-order valence-electron chi connectivity index (χ3n) is 3.57. The molecule has 0 unspecified atom stereocenters. The highest BCUT2D eigenvalue weighted by Gasteiger charge is 2.18. The van der Waals surface area contributed by atoms with Gasteiger partial charge in [-0.25, -0.2) is 0 Å². The standard InChI is InChI=1S/C19H23ClN2O2.ClH/c1-19(2,13-21)22-18(23)11-15-4-3-5-17(10-15)24-12-14-6-8-16(20)9-7-14;/h3-10H,11-13,21H2,1-2H3,(H,22,23);1H. The van der Waals surface area contributed by atoms with Crippen LogP contribution in [0.25, 0.3) is 0 Å². The van der Waals surface area contributed by atoms with Crippen molar-refractivity contribution >= 4 is 29.9 Å². The van der Waals surface area contributed by atoms with E-state index in [9.17, 15) is 4.79 Å². The van der Waals surface area contributed by atoms with E-state index in [-0.39, 0.29) is 18.3 Å². The monoisotopic (exact) mass is 382 g/mol. The summed E-state index contributed by atoms with van der Waals surface area (Å²) in [6.45, 7) is 4.64. The highest BCUT2D eigenvalue weighted by Crippen LogP contribution is 2.17. The molecule has 0 spiro atoms. The number of hydrogen-bond donors (Lipinski definition) is 2. The lowest BCUT2D eigenvalue weighted by molar-refractivity contribution is -0.121. The molecular formula is C19H24Cl2N2O2. The topological polar surface area (TPSA) is 64.3 Å². The van der Waals surface area contributed by atoms with Crippen molar-refractivity contribution in [3.8, 4) is 5.75 Å². The van der Waals surface area contributed by atoms with Crippen LogP contribution in [-0.2, 0) is 17.8 Å². The van der Waals surface area contributed by atoms with Crippen LogP contribution in [0.2, 0.25) is 5.02 Å². The van der Waals surface area contributed by atoms with Crippen molar-refractivity contribution in [2.45, 2.75) is 32.4 Å². The lowest BCUT2D eigenvalue weighted by atomic mass is 10.0. The Morgan fingerprint density at radius 1 is 1.16 bits per heavy atom. The molecule has 0 atom stereocenters. The zero-order chi connectivity index (χ0) is 17.6. The van der Waals surface area contributed by atoms with Gasteiger partial charge in [0, 0.05) is 17.1 Å². The van der Waals surface area contributed by atoms with Gasteiger partial charge in [-0.15, -0.1) is 12.4 Å². The summed E-state index contributed by atoms with van der Waals surface area (Å²) in [6.07, 6.45) is 0.293. The number of nitrogens with one attached hydrogen (secondary N) is 1. The number of nitrogens with two attached hydrogens (primary N) is 1. The van der Waals surface area contributed by atoms with E-state index in [0.29, 0.717) is 24.6 Å². The number of halogens is 2. The first kappa shape index (κ1) is 21.3. The molecule has 136 valence electrons. The summed E-state index contributed by atoms with van der Waals surface area (Å²) in [5.74, 6) is 0.675. The SMILES string of the molecule is CC(C)(CN)NC(=O)Cc1cccc(OCc2ccc(Cl)cc2)c1.Cl. The molecule has 0 radical (unpaired) electrons. The minimum atomic E-state index is -0.403. The Labute approximate surface area is 160 Å². The van der Waals surface area contributed by atoms with Crippen LogP contribution in [0.5, 0.6) is 5.75 Å². The number of rotatable bonds is 7. The second-order valence-electron chi connectivity index (χ2n) is 6.38. The predicted molar refractivity (Wildman–Crippen MR) is 104 cm³/mol. The molecule has 4 nitrogen and oxygen atoms in total. The number of carbonyl (C=O) groups is 1. The first-order chi connectivity index (χ1) is 11.4. The van der Waals surface area contributed by atoms with E-state index < -0.39 is 5.54 Å². The fourth-order valence-electron chi connectivity index (χ4n) is 2.15. The quantitative estimate of drug-likeness (QED) is 0.766. The molecule has 0 saturated heterocycles. The number of amides is 1. The van der Waals surface area contributed by atoms with Gasteiger partial charge in [-0.05, 0) is 49.2 Å². The average Bonchev–Trinajstić information content (AvgIpc) is 2.54. The Morgan fingerprint density at radius 3 is 2.48 bits per heavy atom. The van der Waals surface area contributed by atoms with Gasteiger partial charge in [0.1, 0.15) is 12.4 Å². The maximum absolute atomic E-state index is 12.1. The van der Waals surface area contributed by atoms with E-state index in [1.807, 2.05) is 62.4 Å². The van der Waals surface area contributed by atoms with Crippen molar-refractivity contribution in [2.75, 3.05) is 6.54 Å². The molecule has 2 rings (SSSR count). The Hall–Kier alpha value is -1.75. The molecule has 0 aliphatic heterocycles. The lowest BCUT2D eigenvalue weighted by Gasteiger charge is -2.24. The van der Waals surface area contributed by atoms with Crippen molar-refractivity contribution < 1.29 is 9.53 Å². The van der Waals surface area contributed by atoms with Gasteiger partial charge in [-0.2, -0.15) is 0 Å². The van der Waals surface area contributed by atoms with Gasteiger partial charge < -0.3 is 15.8 Å². The van der Waals surface area contributed by atoms with Crippen LogP contribution in [-0.4, -0.2) is 18.0 Å². The van der Waals surface area contributed by atoms with E-state index in [0.717, 1.165) is 16.9 Å². The molecule has 2 aromatic rings. The summed E-state index contributed by atoms with van der Waals surface area (Å²) >= 11 is 5.87. The smallest absolute Gasteiger partial charge is 0.224 e. The summed E-state index contributed by atoms with van der Waals surface area (Å²) in [5.41, 5.74) is 7.16. The molecule has 1 amide bonds. The van der Waals surface area contributed by atoms with Crippen LogP contribution in [0.15, 0.2) is 48.5 Å². The van der Waals surface area contributed by atoms with E-state index in [2.05, 4.69) is 5.32 Å². The van der Waals surface area contributed by atoms with Crippen molar-refractivity contribution in [1.29, 1.82) is 0 Å².